The first-order valence-electron chi connectivity index (χ1n) is 5.95. The van der Waals surface area contributed by atoms with Crippen LogP contribution in [0.4, 0.5) is 0 Å². The third-order valence-corrected chi connectivity index (χ3v) is 3.90. The second-order valence-electron chi connectivity index (χ2n) is 4.62. The number of ether oxygens (including phenoxy) is 1. The van der Waals surface area contributed by atoms with Crippen LogP contribution in [0.25, 0.3) is 0 Å². The second-order valence-corrected chi connectivity index (χ2v) is 7.51. The smallest absolute Gasteiger partial charge is 0.232 e. The van der Waals surface area contributed by atoms with E-state index in [0.717, 1.165) is 5.75 Å². The summed E-state index contributed by atoms with van der Waals surface area (Å²) in [7, 11) is 1.70. The van der Waals surface area contributed by atoms with Crippen LogP contribution in [0.1, 0.15) is 37.3 Å². The predicted octanol–water partition coefficient (Wildman–Crippen LogP) is 3.46. The topological polar surface area (TPSA) is 43.4 Å². The lowest BCUT2D eigenvalue weighted by molar-refractivity contribution is 0.317. The Morgan fingerprint density at radius 2 is 2.00 bits per heavy atom. The first-order valence-corrected chi connectivity index (χ1v) is 8.43. The van der Waals surface area contributed by atoms with Gasteiger partial charge in [0.2, 0.25) is 9.05 Å². The van der Waals surface area contributed by atoms with Crippen LogP contribution in [-0.2, 0) is 9.05 Å². The lowest BCUT2D eigenvalue weighted by Crippen LogP contribution is -2.05. The van der Waals surface area contributed by atoms with Gasteiger partial charge in [-0.15, -0.1) is 0 Å². The summed E-state index contributed by atoms with van der Waals surface area (Å²) in [5.41, 5.74) is 2.48. The van der Waals surface area contributed by atoms with Gasteiger partial charge >= 0.3 is 0 Å². The zero-order valence-corrected chi connectivity index (χ0v) is 12.5. The van der Waals surface area contributed by atoms with Crippen LogP contribution >= 0.6 is 10.7 Å². The Morgan fingerprint density at radius 3 is 2.50 bits per heavy atom. The third-order valence-electron chi connectivity index (χ3n) is 2.66. The first kappa shape index (κ1) is 15.3. The van der Waals surface area contributed by atoms with Crippen LogP contribution in [0.15, 0.2) is 18.2 Å². The molecule has 0 heterocycles. The summed E-state index contributed by atoms with van der Waals surface area (Å²) >= 11 is 0. The molecule has 0 radical (unpaired) electrons. The summed E-state index contributed by atoms with van der Waals surface area (Å²) in [5.74, 6) is 1.20. The van der Waals surface area contributed by atoms with E-state index in [1.165, 1.54) is 11.1 Å². The summed E-state index contributed by atoms with van der Waals surface area (Å²) in [6.45, 7) is 6.69. The van der Waals surface area contributed by atoms with E-state index in [1.807, 2.05) is 25.1 Å². The monoisotopic (exact) mass is 290 g/mol. The number of hydrogen-bond donors (Lipinski definition) is 0. The number of benzene rings is 1. The van der Waals surface area contributed by atoms with Crippen molar-refractivity contribution in [3.05, 3.63) is 29.3 Å². The molecule has 0 atom stereocenters. The molecule has 0 amide bonds. The second kappa shape index (κ2) is 6.43. The average molecular weight is 291 g/mol. The van der Waals surface area contributed by atoms with Gasteiger partial charge in [0.1, 0.15) is 5.75 Å². The Bertz CT molecular complexity index is 495. The predicted molar refractivity (Wildman–Crippen MR) is 75.0 cm³/mol. The van der Waals surface area contributed by atoms with Gasteiger partial charge in [0.05, 0.1) is 12.4 Å². The van der Waals surface area contributed by atoms with Crippen molar-refractivity contribution in [1.29, 1.82) is 0 Å². The van der Waals surface area contributed by atoms with Crippen LogP contribution in [0.2, 0.25) is 0 Å². The molecule has 1 aromatic rings. The van der Waals surface area contributed by atoms with Crippen molar-refractivity contribution >= 4 is 19.7 Å². The Morgan fingerprint density at radius 1 is 1.33 bits per heavy atom. The summed E-state index contributed by atoms with van der Waals surface area (Å²) < 4.78 is 26.9. The number of halogens is 1. The maximum atomic E-state index is 10.7. The minimum Gasteiger partial charge on any atom is -0.494 e. The van der Waals surface area contributed by atoms with Gasteiger partial charge in [-0.1, -0.05) is 19.9 Å². The van der Waals surface area contributed by atoms with Gasteiger partial charge in [0.15, 0.2) is 0 Å². The molecule has 0 spiro atoms. The molecule has 0 aliphatic carbocycles. The van der Waals surface area contributed by atoms with Crippen molar-refractivity contribution in [1.82, 2.24) is 0 Å². The lowest BCUT2D eigenvalue weighted by Gasteiger charge is -2.12. The molecule has 1 aromatic carbocycles. The average Bonchev–Trinajstić information content (AvgIpc) is 2.22. The fraction of sp³-hybridized carbons (Fsp3) is 0.538. The fourth-order valence-corrected chi connectivity index (χ4v) is 2.60. The van der Waals surface area contributed by atoms with Crippen LogP contribution in [-0.4, -0.2) is 20.8 Å². The maximum absolute atomic E-state index is 10.7. The van der Waals surface area contributed by atoms with Gasteiger partial charge < -0.3 is 4.74 Å². The fourth-order valence-electron chi connectivity index (χ4n) is 1.81. The normalized spacial score (nSPS) is 11.8. The molecule has 0 saturated carbocycles. The zero-order valence-electron chi connectivity index (χ0n) is 10.9. The summed E-state index contributed by atoms with van der Waals surface area (Å²) in [6.07, 6.45) is 0.400. The molecule has 0 aromatic heterocycles. The Labute approximate surface area is 114 Å². The Balaban J connectivity index is 2.52. The van der Waals surface area contributed by atoms with Crippen molar-refractivity contribution in [3.63, 3.8) is 0 Å². The molecule has 0 unspecified atom stereocenters. The van der Waals surface area contributed by atoms with Gasteiger partial charge in [-0.05, 0) is 42.5 Å². The quantitative estimate of drug-likeness (QED) is 0.595. The highest BCUT2D eigenvalue weighted by molar-refractivity contribution is 8.13. The zero-order chi connectivity index (χ0) is 13.8. The Kier molecular flexibility index (Phi) is 5.47. The van der Waals surface area contributed by atoms with Crippen molar-refractivity contribution in [2.75, 3.05) is 12.4 Å². The number of hydrogen-bond acceptors (Lipinski definition) is 3. The van der Waals surface area contributed by atoms with Crippen LogP contribution in [0.5, 0.6) is 5.75 Å². The highest BCUT2D eigenvalue weighted by Gasteiger charge is 2.06. The molecular formula is C13H19ClO3S. The van der Waals surface area contributed by atoms with Crippen molar-refractivity contribution < 1.29 is 13.2 Å². The van der Waals surface area contributed by atoms with Crippen LogP contribution in [0, 0.1) is 6.92 Å². The highest BCUT2D eigenvalue weighted by Crippen LogP contribution is 2.23. The van der Waals surface area contributed by atoms with Crippen molar-refractivity contribution in [3.8, 4) is 5.75 Å². The molecule has 0 aliphatic rings. The van der Waals surface area contributed by atoms with Crippen LogP contribution in [0.3, 0.4) is 0 Å². The molecule has 102 valence electrons. The molecule has 3 nitrogen and oxygen atoms in total. The summed E-state index contributed by atoms with van der Waals surface area (Å²) in [6, 6.07) is 5.94. The maximum Gasteiger partial charge on any atom is 0.232 e. The van der Waals surface area contributed by atoms with E-state index in [-0.39, 0.29) is 5.75 Å². The van der Waals surface area contributed by atoms with E-state index in [1.54, 1.807) is 0 Å². The Hall–Kier alpha value is -0.740. The highest BCUT2D eigenvalue weighted by atomic mass is 35.7. The van der Waals surface area contributed by atoms with Gasteiger partial charge in [-0.3, -0.25) is 0 Å². The van der Waals surface area contributed by atoms with E-state index in [2.05, 4.69) is 13.8 Å². The van der Waals surface area contributed by atoms with Gasteiger partial charge in [0.25, 0.3) is 0 Å². The van der Waals surface area contributed by atoms with Gasteiger partial charge in [0, 0.05) is 10.7 Å². The lowest BCUT2D eigenvalue weighted by atomic mass is 9.98. The first-order chi connectivity index (χ1) is 8.29. The van der Waals surface area contributed by atoms with Crippen LogP contribution < -0.4 is 4.74 Å². The molecule has 0 N–H and O–H groups in total. The third kappa shape index (κ3) is 5.27. The number of aryl methyl sites for hydroxylation is 1. The van der Waals surface area contributed by atoms with E-state index < -0.39 is 9.05 Å². The van der Waals surface area contributed by atoms with Gasteiger partial charge in [-0.25, -0.2) is 8.42 Å². The standard InChI is InChI=1S/C13H19ClO3S/c1-10(2)13-6-5-12(9-11(13)3)17-7-4-8-18(14,15)16/h5-6,9-10H,4,7-8H2,1-3H3. The molecule has 5 heteroatoms. The summed E-state index contributed by atoms with van der Waals surface area (Å²) in [4.78, 5) is 0. The van der Waals surface area contributed by atoms with Crippen molar-refractivity contribution in [2.24, 2.45) is 0 Å². The largest absolute Gasteiger partial charge is 0.494 e. The molecule has 0 saturated heterocycles. The summed E-state index contributed by atoms with van der Waals surface area (Å²) in [5, 5.41) is 0. The van der Waals surface area contributed by atoms with E-state index in [9.17, 15) is 8.42 Å². The van der Waals surface area contributed by atoms with E-state index in [0.29, 0.717) is 18.9 Å². The minimum absolute atomic E-state index is 0.0579. The molecule has 18 heavy (non-hydrogen) atoms. The molecular weight excluding hydrogens is 272 g/mol. The van der Waals surface area contributed by atoms with Gasteiger partial charge in [-0.2, -0.15) is 0 Å². The molecule has 0 fully saturated rings. The number of rotatable bonds is 6. The van der Waals surface area contributed by atoms with E-state index >= 15 is 0 Å². The minimum atomic E-state index is -3.41. The molecule has 0 aliphatic heterocycles. The SMILES string of the molecule is Cc1cc(OCCCS(=O)(=O)Cl)ccc1C(C)C. The van der Waals surface area contributed by atoms with E-state index in [4.69, 9.17) is 15.4 Å². The van der Waals surface area contributed by atoms with Crippen molar-refractivity contribution in [2.45, 2.75) is 33.1 Å². The molecule has 1 rings (SSSR count). The molecule has 0 bridgehead atoms.